The van der Waals surface area contributed by atoms with Crippen LogP contribution >= 0.6 is 0 Å². The number of amides is 1. The lowest BCUT2D eigenvalue weighted by Gasteiger charge is -2.10. The molecule has 0 aliphatic rings. The van der Waals surface area contributed by atoms with Gasteiger partial charge in [-0.2, -0.15) is 5.10 Å². The number of aryl methyl sites for hydroxylation is 2. The van der Waals surface area contributed by atoms with Crippen molar-refractivity contribution in [2.24, 2.45) is 0 Å². The molecule has 32 heavy (non-hydrogen) atoms. The van der Waals surface area contributed by atoms with Crippen LogP contribution in [0.15, 0.2) is 59.8 Å². The molecule has 0 spiro atoms. The first-order valence-corrected chi connectivity index (χ1v) is 10.5. The molecule has 0 radical (unpaired) electrons. The van der Waals surface area contributed by atoms with Gasteiger partial charge in [0, 0.05) is 5.56 Å². The molecule has 0 bridgehead atoms. The van der Waals surface area contributed by atoms with Gasteiger partial charge in [-0.3, -0.25) is 15.0 Å². The van der Waals surface area contributed by atoms with Crippen molar-refractivity contribution in [3.05, 3.63) is 82.0 Å². The highest BCUT2D eigenvalue weighted by atomic mass is 16.5. The van der Waals surface area contributed by atoms with Crippen molar-refractivity contribution >= 4 is 16.9 Å². The highest BCUT2D eigenvalue weighted by Crippen LogP contribution is 2.17. The first-order chi connectivity index (χ1) is 15.5. The van der Waals surface area contributed by atoms with Gasteiger partial charge in [0.15, 0.2) is 5.65 Å². The zero-order valence-electron chi connectivity index (χ0n) is 18.3. The molecule has 0 aliphatic carbocycles. The van der Waals surface area contributed by atoms with Crippen molar-refractivity contribution in [3.8, 4) is 11.4 Å². The minimum Gasteiger partial charge on any atom is -0.494 e. The second kappa shape index (κ2) is 9.05. The molecule has 164 valence electrons. The zero-order chi connectivity index (χ0) is 22.7. The summed E-state index contributed by atoms with van der Waals surface area (Å²) < 4.78 is 8.30. The number of carbonyl (C=O) groups is 1. The number of ether oxygens (including phenoxy) is 1. The van der Waals surface area contributed by atoms with E-state index < -0.39 is 11.5 Å². The monoisotopic (exact) mass is 431 g/mol. The van der Waals surface area contributed by atoms with Crippen molar-refractivity contribution in [2.45, 2.75) is 33.6 Å². The fourth-order valence-electron chi connectivity index (χ4n) is 3.25. The van der Waals surface area contributed by atoms with Crippen LogP contribution in [-0.2, 0) is 0 Å². The standard InChI is InChI=1S/C24H25N5O3/c1-4-5-12-32-20-10-7-18(8-11-20)23(30)27-28-15-25-22-21(24(28)31)14-26-29(22)19-9-6-16(2)17(3)13-19/h6-11,13-15H,4-5,12H2,1-3H3,(H,27,30). The second-order valence-corrected chi connectivity index (χ2v) is 7.65. The summed E-state index contributed by atoms with van der Waals surface area (Å²) >= 11 is 0. The summed E-state index contributed by atoms with van der Waals surface area (Å²) in [6.07, 6.45) is 4.78. The van der Waals surface area contributed by atoms with Gasteiger partial charge in [0.25, 0.3) is 11.5 Å². The van der Waals surface area contributed by atoms with E-state index in [1.54, 1.807) is 28.9 Å². The van der Waals surface area contributed by atoms with Gasteiger partial charge in [0.2, 0.25) is 0 Å². The summed E-state index contributed by atoms with van der Waals surface area (Å²) in [6.45, 7) is 6.79. The first-order valence-electron chi connectivity index (χ1n) is 10.5. The van der Waals surface area contributed by atoms with Gasteiger partial charge in [-0.1, -0.05) is 19.4 Å². The largest absolute Gasteiger partial charge is 0.494 e. The van der Waals surface area contributed by atoms with Gasteiger partial charge in [-0.15, -0.1) is 0 Å². The molecule has 0 atom stereocenters. The highest BCUT2D eigenvalue weighted by molar-refractivity contribution is 6.00. The van der Waals surface area contributed by atoms with Crippen LogP contribution in [0.5, 0.6) is 5.75 Å². The maximum atomic E-state index is 12.9. The van der Waals surface area contributed by atoms with Crippen LogP contribution in [0.4, 0.5) is 0 Å². The number of hydrogen-bond acceptors (Lipinski definition) is 5. The summed E-state index contributed by atoms with van der Waals surface area (Å²) in [5, 5.41) is 4.64. The van der Waals surface area contributed by atoms with Crippen LogP contribution < -0.4 is 15.7 Å². The Bertz CT molecular complexity index is 1320. The van der Waals surface area contributed by atoms with Gasteiger partial charge in [-0.25, -0.2) is 14.3 Å². The Labute approximate surface area is 185 Å². The molecule has 0 aliphatic heterocycles. The number of hydrogen-bond donors (Lipinski definition) is 1. The second-order valence-electron chi connectivity index (χ2n) is 7.65. The summed E-state index contributed by atoms with van der Waals surface area (Å²) in [4.78, 5) is 29.9. The molecule has 0 saturated heterocycles. The smallest absolute Gasteiger partial charge is 0.283 e. The average Bonchev–Trinajstić information content (AvgIpc) is 3.23. The van der Waals surface area contributed by atoms with Crippen molar-refractivity contribution in [1.82, 2.24) is 19.4 Å². The zero-order valence-corrected chi connectivity index (χ0v) is 18.3. The molecule has 2 aromatic heterocycles. The first kappa shape index (κ1) is 21.3. The molecule has 8 heteroatoms. The predicted molar refractivity (Wildman–Crippen MR) is 123 cm³/mol. The van der Waals surface area contributed by atoms with E-state index in [2.05, 4.69) is 22.4 Å². The van der Waals surface area contributed by atoms with E-state index in [4.69, 9.17) is 4.74 Å². The number of aromatic nitrogens is 4. The topological polar surface area (TPSA) is 91.0 Å². The summed E-state index contributed by atoms with van der Waals surface area (Å²) in [5.41, 5.74) is 6.12. The van der Waals surface area contributed by atoms with E-state index in [1.165, 1.54) is 18.1 Å². The van der Waals surface area contributed by atoms with E-state index >= 15 is 0 Å². The fourth-order valence-corrected chi connectivity index (χ4v) is 3.25. The van der Waals surface area contributed by atoms with Crippen LogP contribution in [0.25, 0.3) is 16.7 Å². The van der Waals surface area contributed by atoms with Crippen molar-refractivity contribution in [2.75, 3.05) is 12.0 Å². The summed E-state index contributed by atoms with van der Waals surface area (Å²) in [6, 6.07) is 12.7. The molecule has 2 aromatic carbocycles. The van der Waals surface area contributed by atoms with Crippen LogP contribution in [0.2, 0.25) is 0 Å². The Morgan fingerprint density at radius 1 is 1.09 bits per heavy atom. The van der Waals surface area contributed by atoms with Crippen molar-refractivity contribution < 1.29 is 9.53 Å². The van der Waals surface area contributed by atoms with Crippen LogP contribution in [0, 0.1) is 13.8 Å². The van der Waals surface area contributed by atoms with Gasteiger partial charge in [0.1, 0.15) is 17.5 Å². The third-order valence-electron chi connectivity index (χ3n) is 5.33. The Balaban J connectivity index is 1.55. The minimum atomic E-state index is -0.421. The maximum Gasteiger partial charge on any atom is 0.283 e. The van der Waals surface area contributed by atoms with Gasteiger partial charge >= 0.3 is 0 Å². The molecule has 0 unspecified atom stereocenters. The van der Waals surface area contributed by atoms with Crippen molar-refractivity contribution in [1.29, 1.82) is 0 Å². The number of nitrogens with zero attached hydrogens (tertiary/aromatic N) is 4. The predicted octanol–water partition coefficient (Wildman–Crippen LogP) is 3.76. The minimum absolute atomic E-state index is 0.311. The lowest BCUT2D eigenvalue weighted by molar-refractivity contribution is 0.101. The third-order valence-corrected chi connectivity index (χ3v) is 5.33. The van der Waals surface area contributed by atoms with Gasteiger partial charge in [-0.05, 0) is 67.8 Å². The normalized spacial score (nSPS) is 11.0. The maximum absolute atomic E-state index is 12.9. The molecule has 4 aromatic rings. The number of rotatable bonds is 7. The third kappa shape index (κ3) is 4.25. The van der Waals surface area contributed by atoms with E-state index in [-0.39, 0.29) is 0 Å². The van der Waals surface area contributed by atoms with E-state index in [0.29, 0.717) is 29.0 Å². The lowest BCUT2D eigenvalue weighted by Crippen LogP contribution is -2.33. The van der Waals surface area contributed by atoms with E-state index in [0.717, 1.165) is 28.8 Å². The highest BCUT2D eigenvalue weighted by Gasteiger charge is 2.14. The Hall–Kier alpha value is -3.94. The summed E-state index contributed by atoms with van der Waals surface area (Å²) in [7, 11) is 0. The Morgan fingerprint density at radius 3 is 2.59 bits per heavy atom. The van der Waals surface area contributed by atoms with Crippen molar-refractivity contribution in [3.63, 3.8) is 0 Å². The molecule has 0 saturated carbocycles. The Morgan fingerprint density at radius 2 is 1.88 bits per heavy atom. The van der Waals surface area contributed by atoms with Gasteiger partial charge < -0.3 is 4.74 Å². The molecule has 1 amide bonds. The molecule has 2 heterocycles. The average molecular weight is 431 g/mol. The number of benzene rings is 2. The van der Waals surface area contributed by atoms with Crippen LogP contribution in [0.3, 0.4) is 0 Å². The molecule has 4 rings (SSSR count). The molecule has 8 nitrogen and oxygen atoms in total. The lowest BCUT2D eigenvalue weighted by atomic mass is 10.1. The van der Waals surface area contributed by atoms with E-state index in [1.807, 2.05) is 32.0 Å². The molecule has 1 N–H and O–H groups in total. The van der Waals surface area contributed by atoms with Crippen LogP contribution in [0.1, 0.15) is 41.3 Å². The van der Waals surface area contributed by atoms with Crippen LogP contribution in [-0.4, -0.2) is 32.0 Å². The van der Waals surface area contributed by atoms with E-state index in [9.17, 15) is 9.59 Å². The summed E-state index contributed by atoms with van der Waals surface area (Å²) in [5.74, 6) is 0.281. The SMILES string of the molecule is CCCCOc1ccc(C(=O)Nn2cnc3c(cnn3-c3ccc(C)c(C)c3)c2=O)cc1. The molecule has 0 fully saturated rings. The number of nitrogens with one attached hydrogen (secondary N) is 1. The Kier molecular flexibility index (Phi) is 6.02. The molecular formula is C24H25N5O3. The quantitative estimate of drug-likeness (QED) is 0.450. The van der Waals surface area contributed by atoms with Gasteiger partial charge in [0.05, 0.1) is 18.5 Å². The number of carbonyl (C=O) groups excluding carboxylic acids is 1. The fraction of sp³-hybridized carbons (Fsp3) is 0.250. The number of unbranched alkanes of at least 4 members (excludes halogenated alkanes) is 1. The molecular weight excluding hydrogens is 406 g/mol. The number of fused-ring (bicyclic) bond motifs is 1.